The fourth-order valence-electron chi connectivity index (χ4n) is 7.46. The van der Waals surface area contributed by atoms with Gasteiger partial charge in [-0.05, 0) is 170 Å². The molecule has 0 atom stereocenters. The Bertz CT molecular complexity index is 2610. The molecule has 66 heavy (non-hydrogen) atoms. The van der Waals surface area contributed by atoms with Crippen molar-refractivity contribution in [3.63, 3.8) is 0 Å². The lowest BCUT2D eigenvalue weighted by Crippen LogP contribution is -2.15. The Balaban J connectivity index is 1.27. The summed E-state index contributed by atoms with van der Waals surface area (Å²) in [5, 5.41) is 0. The first-order valence-corrected chi connectivity index (χ1v) is 21.5. The zero-order chi connectivity index (χ0) is 47.7. The highest BCUT2D eigenvalue weighted by Gasteiger charge is 2.20. The van der Waals surface area contributed by atoms with E-state index in [4.69, 9.17) is 9.47 Å². The van der Waals surface area contributed by atoms with Gasteiger partial charge in [-0.1, -0.05) is 61.7 Å². The van der Waals surface area contributed by atoms with Gasteiger partial charge in [0, 0.05) is 34.1 Å². The molecule has 6 aromatic carbocycles. The van der Waals surface area contributed by atoms with Crippen molar-refractivity contribution in [3.8, 4) is 11.1 Å². The summed E-state index contributed by atoms with van der Waals surface area (Å²) in [5.74, 6) is -2.18. The fraction of sp³-hybridized carbons (Fsp3) is 0.214. The van der Waals surface area contributed by atoms with Crippen LogP contribution < -0.4 is 9.80 Å². The summed E-state index contributed by atoms with van der Waals surface area (Å²) in [6.45, 7) is 19.4. The van der Waals surface area contributed by atoms with Gasteiger partial charge < -0.3 is 28.7 Å². The molecule has 338 valence electrons. The molecule has 0 fully saturated rings. The first-order valence-electron chi connectivity index (χ1n) is 21.5. The van der Waals surface area contributed by atoms with Gasteiger partial charge in [0.15, 0.2) is 0 Å². The zero-order valence-corrected chi connectivity index (χ0v) is 39.0. The highest BCUT2D eigenvalue weighted by molar-refractivity contribution is 5.89. The number of methoxy groups -OCH3 is 2. The Labute approximate surface area is 387 Å². The van der Waals surface area contributed by atoms with E-state index in [2.05, 4.69) is 147 Å². The Kier molecular flexibility index (Phi) is 15.4. The van der Waals surface area contributed by atoms with Crippen LogP contribution in [0, 0.1) is 41.5 Å². The highest BCUT2D eigenvalue weighted by atomic mass is 16.6. The largest absolute Gasteiger partial charge is 0.466 e. The van der Waals surface area contributed by atoms with Gasteiger partial charge in [-0.2, -0.15) is 0 Å². The van der Waals surface area contributed by atoms with Gasteiger partial charge in [0.05, 0.1) is 38.2 Å². The maximum atomic E-state index is 12.6. The first-order chi connectivity index (χ1) is 31.6. The Morgan fingerprint density at radius 3 is 1.09 bits per heavy atom. The molecule has 0 saturated heterocycles. The number of hydrogen-bond acceptors (Lipinski definition) is 10. The molecule has 0 radical (unpaired) electrons. The van der Waals surface area contributed by atoms with Gasteiger partial charge >= 0.3 is 23.9 Å². The Hall–Kier alpha value is -7.72. The lowest BCUT2D eigenvalue weighted by atomic mass is 9.98. The van der Waals surface area contributed by atoms with E-state index in [1.165, 1.54) is 36.5 Å². The maximum Gasteiger partial charge on any atom is 0.336 e. The molecule has 0 aliphatic rings. The lowest BCUT2D eigenvalue weighted by Gasteiger charge is -2.29. The molecule has 10 nitrogen and oxygen atoms in total. The number of aryl methyl sites for hydroxylation is 6. The van der Waals surface area contributed by atoms with E-state index in [1.54, 1.807) is 0 Å². The van der Waals surface area contributed by atoms with E-state index in [-0.39, 0.29) is 37.2 Å². The Morgan fingerprint density at radius 1 is 0.424 bits per heavy atom. The highest BCUT2D eigenvalue weighted by Crippen LogP contribution is 2.41. The summed E-state index contributed by atoms with van der Waals surface area (Å²) in [6, 6.07) is 41.5. The second-order valence-corrected chi connectivity index (χ2v) is 16.4. The second-order valence-electron chi connectivity index (χ2n) is 16.4. The van der Waals surface area contributed by atoms with Crippen LogP contribution in [0.4, 0.5) is 34.1 Å². The van der Waals surface area contributed by atoms with Crippen molar-refractivity contribution in [1.29, 1.82) is 0 Å². The smallest absolute Gasteiger partial charge is 0.336 e. The van der Waals surface area contributed by atoms with Crippen LogP contribution in [-0.4, -0.2) is 51.3 Å². The molecule has 0 spiro atoms. The van der Waals surface area contributed by atoms with Crippen LogP contribution in [0.1, 0.15) is 44.5 Å². The SMILES string of the molecule is C=C(COC(=O)Cc1ccc(N(c2ccc(C)c(C)c2)c2ccc(-c3ccc(N(c4ccc(CC(=O)OCC(=C)C(=O)OC)cc4)c4ccc(C)c(C)c4)c(C)c3)cc2C)cc1)C(=O)OC. The van der Waals surface area contributed by atoms with Crippen LogP contribution in [0.2, 0.25) is 0 Å². The van der Waals surface area contributed by atoms with E-state index in [1.807, 2.05) is 48.5 Å². The molecule has 0 unspecified atom stereocenters. The zero-order valence-electron chi connectivity index (χ0n) is 39.0. The third-order valence-electron chi connectivity index (χ3n) is 11.6. The van der Waals surface area contributed by atoms with Crippen molar-refractivity contribution >= 4 is 58.0 Å². The van der Waals surface area contributed by atoms with Gasteiger partial charge in [-0.25, -0.2) is 9.59 Å². The van der Waals surface area contributed by atoms with Crippen LogP contribution in [0.5, 0.6) is 0 Å². The normalized spacial score (nSPS) is 10.7. The fourth-order valence-corrected chi connectivity index (χ4v) is 7.46. The Morgan fingerprint density at radius 2 is 0.773 bits per heavy atom. The van der Waals surface area contributed by atoms with Crippen LogP contribution in [0.15, 0.2) is 146 Å². The molecule has 0 aliphatic carbocycles. The number of carbonyl (C=O) groups is 4. The minimum Gasteiger partial charge on any atom is -0.466 e. The van der Waals surface area contributed by atoms with Crippen molar-refractivity contribution in [2.75, 3.05) is 37.2 Å². The molecular weight excluding hydrogens is 829 g/mol. The number of nitrogens with zero attached hydrogens (tertiary/aromatic N) is 2. The van der Waals surface area contributed by atoms with Crippen LogP contribution in [-0.2, 0) is 51.0 Å². The molecule has 0 bridgehead atoms. The molecule has 10 heteroatoms. The van der Waals surface area contributed by atoms with Crippen molar-refractivity contribution < 1.29 is 38.1 Å². The van der Waals surface area contributed by atoms with E-state index in [9.17, 15) is 19.2 Å². The van der Waals surface area contributed by atoms with Gasteiger partial charge in [0.25, 0.3) is 0 Å². The summed E-state index contributed by atoms with van der Waals surface area (Å²) in [4.78, 5) is 53.0. The summed E-state index contributed by atoms with van der Waals surface area (Å²) in [5.41, 5.74) is 16.5. The monoisotopic (exact) mass is 884 g/mol. The third-order valence-corrected chi connectivity index (χ3v) is 11.6. The van der Waals surface area contributed by atoms with E-state index in [0.717, 1.165) is 67.5 Å². The van der Waals surface area contributed by atoms with Crippen molar-refractivity contribution in [2.45, 2.75) is 54.4 Å². The summed E-state index contributed by atoms with van der Waals surface area (Å²) < 4.78 is 19.8. The molecule has 0 aromatic heterocycles. The topological polar surface area (TPSA) is 112 Å². The molecule has 0 heterocycles. The number of esters is 4. The van der Waals surface area contributed by atoms with Gasteiger partial charge in [0.2, 0.25) is 0 Å². The second kappa shape index (κ2) is 21.3. The summed E-state index contributed by atoms with van der Waals surface area (Å²) in [7, 11) is 2.51. The predicted octanol–water partition coefficient (Wildman–Crippen LogP) is 11.8. The number of hydrogen-bond donors (Lipinski definition) is 0. The van der Waals surface area contributed by atoms with Crippen LogP contribution >= 0.6 is 0 Å². The van der Waals surface area contributed by atoms with Crippen molar-refractivity contribution in [2.24, 2.45) is 0 Å². The molecule has 0 saturated carbocycles. The van der Waals surface area contributed by atoms with E-state index < -0.39 is 23.9 Å². The van der Waals surface area contributed by atoms with E-state index in [0.29, 0.717) is 0 Å². The van der Waals surface area contributed by atoms with E-state index >= 15 is 0 Å². The average Bonchev–Trinajstić information content (AvgIpc) is 3.31. The molecule has 6 aromatic rings. The molecule has 0 N–H and O–H groups in total. The number of anilines is 6. The summed E-state index contributed by atoms with van der Waals surface area (Å²) in [6.07, 6.45) is 0.0757. The minimum absolute atomic E-state index is 0.0378. The van der Waals surface area contributed by atoms with Gasteiger partial charge in [-0.15, -0.1) is 0 Å². The number of ether oxygens (including phenoxy) is 4. The molecule has 0 aliphatic heterocycles. The maximum absolute atomic E-state index is 12.6. The minimum atomic E-state index is -0.616. The predicted molar refractivity (Wildman–Crippen MR) is 261 cm³/mol. The lowest BCUT2D eigenvalue weighted by molar-refractivity contribution is -0.145. The first kappa shape index (κ1) is 47.8. The van der Waals surface area contributed by atoms with Crippen LogP contribution in [0.25, 0.3) is 11.1 Å². The van der Waals surface area contributed by atoms with Gasteiger partial charge in [-0.3, -0.25) is 9.59 Å². The van der Waals surface area contributed by atoms with Crippen molar-refractivity contribution in [1.82, 2.24) is 0 Å². The van der Waals surface area contributed by atoms with Crippen molar-refractivity contribution in [3.05, 3.63) is 190 Å². The van der Waals surface area contributed by atoms with Gasteiger partial charge in [0.1, 0.15) is 13.2 Å². The summed E-state index contributed by atoms with van der Waals surface area (Å²) >= 11 is 0. The molecule has 0 amide bonds. The molecule has 6 rings (SSSR count). The number of carbonyl (C=O) groups excluding carboxylic acids is 4. The number of benzene rings is 6. The number of rotatable bonds is 17. The average molecular weight is 885 g/mol. The standard InChI is InChI=1S/C56H56N2O8/c1-35-11-19-49(29-37(35)3)57(47-21-13-43(14-22-47)31-53(59)65-33-41(7)55(61)63-9)51-25-17-45(27-39(51)5)46-18-26-52(40(6)28-46)58(50-20-12-36(2)38(4)30-50)48-23-15-44(16-24-48)32-54(60)66-34-42(8)56(62)64-10/h11-30H,7-8,31-34H2,1-6,9-10H3. The van der Waals surface area contributed by atoms with Crippen LogP contribution in [0.3, 0.4) is 0 Å². The quantitative estimate of drug-likeness (QED) is 0.0498. The third kappa shape index (κ3) is 11.5. The molecular formula is C56H56N2O8.